The molecule has 1 aliphatic carbocycles. The smallest absolute Gasteiger partial charge is 0.272 e. The first-order valence-corrected chi connectivity index (χ1v) is 8.88. The zero-order valence-corrected chi connectivity index (χ0v) is 15.2. The van der Waals surface area contributed by atoms with E-state index in [1.807, 2.05) is 14.1 Å². The van der Waals surface area contributed by atoms with Crippen LogP contribution >= 0.6 is 0 Å². The van der Waals surface area contributed by atoms with Crippen LogP contribution in [-0.2, 0) is 26.4 Å². The van der Waals surface area contributed by atoms with Crippen LogP contribution < -0.4 is 5.32 Å². The lowest BCUT2D eigenvalue weighted by atomic mass is 9.90. The Labute approximate surface area is 152 Å². The number of aromatic nitrogens is 2. The second-order valence-electron chi connectivity index (χ2n) is 6.81. The highest BCUT2D eigenvalue weighted by molar-refractivity contribution is 5.94. The minimum Gasteiger partial charge on any atom is -0.395 e. The third-order valence-electron chi connectivity index (χ3n) is 5.09. The molecule has 1 aliphatic rings. The fourth-order valence-electron chi connectivity index (χ4n) is 3.54. The Morgan fingerprint density at radius 3 is 2.85 bits per heavy atom. The number of rotatable bonds is 6. The van der Waals surface area contributed by atoms with E-state index in [2.05, 4.69) is 15.3 Å². The fraction of sp³-hybridized carbons (Fsp3) is 0.474. The molecule has 1 amide bonds. The average molecular weight is 360 g/mol. The summed E-state index contributed by atoms with van der Waals surface area (Å²) in [7, 11) is 3.86. The quantitative estimate of drug-likeness (QED) is 0.814. The largest absolute Gasteiger partial charge is 0.395 e. The Kier molecular flexibility index (Phi) is 5.68. The van der Waals surface area contributed by atoms with Gasteiger partial charge in [-0.1, -0.05) is 12.1 Å². The SMILES string of the molecule is CN(CCO)C1CCc2c(c(C(=O)NCc3ccc(F)cc3)nn2C)C1. The minimum atomic E-state index is -0.295. The van der Waals surface area contributed by atoms with E-state index < -0.39 is 0 Å². The molecule has 0 saturated heterocycles. The maximum absolute atomic E-state index is 13.0. The standard InChI is InChI=1S/C19H25FN4O2/c1-23(9-10-25)15-7-8-17-16(11-15)18(22-24(17)2)19(26)21-12-13-3-5-14(20)6-4-13/h3-6,15,25H,7-12H2,1-2H3,(H,21,26). The van der Waals surface area contributed by atoms with Gasteiger partial charge in [-0.3, -0.25) is 9.48 Å². The maximum atomic E-state index is 13.0. The van der Waals surface area contributed by atoms with Crippen LogP contribution in [0.25, 0.3) is 0 Å². The number of aliphatic hydroxyl groups is 1. The molecule has 0 fully saturated rings. The van der Waals surface area contributed by atoms with Gasteiger partial charge in [0.25, 0.3) is 5.91 Å². The van der Waals surface area contributed by atoms with Gasteiger partial charge >= 0.3 is 0 Å². The minimum absolute atomic E-state index is 0.123. The highest BCUT2D eigenvalue weighted by Crippen LogP contribution is 2.26. The lowest BCUT2D eigenvalue weighted by molar-refractivity contribution is 0.0943. The van der Waals surface area contributed by atoms with Crippen LogP contribution in [0.1, 0.15) is 33.7 Å². The Morgan fingerprint density at radius 1 is 1.42 bits per heavy atom. The van der Waals surface area contributed by atoms with Crippen LogP contribution in [0.2, 0.25) is 0 Å². The molecule has 1 aromatic heterocycles. The van der Waals surface area contributed by atoms with Crippen molar-refractivity contribution in [2.75, 3.05) is 20.2 Å². The lowest BCUT2D eigenvalue weighted by Gasteiger charge is -2.31. The lowest BCUT2D eigenvalue weighted by Crippen LogP contribution is -2.38. The van der Waals surface area contributed by atoms with Crippen molar-refractivity contribution in [3.05, 3.63) is 52.6 Å². The van der Waals surface area contributed by atoms with E-state index in [0.29, 0.717) is 24.8 Å². The second-order valence-corrected chi connectivity index (χ2v) is 6.81. The summed E-state index contributed by atoms with van der Waals surface area (Å²) in [5.74, 6) is -0.506. The molecular weight excluding hydrogens is 335 g/mol. The first-order valence-electron chi connectivity index (χ1n) is 8.88. The summed E-state index contributed by atoms with van der Waals surface area (Å²) in [6, 6.07) is 6.37. The molecule has 0 bridgehead atoms. The number of hydrogen-bond donors (Lipinski definition) is 2. The molecule has 1 unspecified atom stereocenters. The van der Waals surface area contributed by atoms with Crippen LogP contribution in [0.3, 0.4) is 0 Å². The molecule has 6 nitrogen and oxygen atoms in total. The Bertz CT molecular complexity index is 773. The number of likely N-dealkylation sites (N-methyl/N-ethyl adjacent to an activating group) is 1. The van der Waals surface area contributed by atoms with E-state index in [0.717, 1.165) is 36.1 Å². The first kappa shape index (κ1) is 18.5. The molecule has 2 N–H and O–H groups in total. The van der Waals surface area contributed by atoms with Crippen LogP contribution in [0.4, 0.5) is 4.39 Å². The first-order chi connectivity index (χ1) is 12.5. The van der Waals surface area contributed by atoms with E-state index in [9.17, 15) is 9.18 Å². The number of halogens is 1. The topological polar surface area (TPSA) is 70.4 Å². The Hall–Kier alpha value is -2.25. The summed E-state index contributed by atoms with van der Waals surface area (Å²) in [6.07, 6.45) is 2.60. The summed E-state index contributed by atoms with van der Waals surface area (Å²) < 4.78 is 14.8. The molecule has 26 heavy (non-hydrogen) atoms. The van der Waals surface area contributed by atoms with Crippen LogP contribution in [0, 0.1) is 5.82 Å². The van der Waals surface area contributed by atoms with Gasteiger partial charge in [0.15, 0.2) is 5.69 Å². The van der Waals surface area contributed by atoms with Crippen molar-refractivity contribution in [1.82, 2.24) is 20.0 Å². The molecule has 0 saturated carbocycles. The molecule has 3 rings (SSSR count). The molecule has 0 radical (unpaired) electrons. The molecule has 2 aromatic rings. The Balaban J connectivity index is 1.72. The third kappa shape index (κ3) is 3.94. The number of benzene rings is 1. The van der Waals surface area contributed by atoms with Gasteiger partial charge < -0.3 is 15.3 Å². The third-order valence-corrected chi connectivity index (χ3v) is 5.09. The van der Waals surface area contributed by atoms with Crippen LogP contribution in [0.5, 0.6) is 0 Å². The number of carbonyl (C=O) groups excluding carboxylic acids is 1. The number of amides is 1. The van der Waals surface area contributed by atoms with E-state index in [-0.39, 0.29) is 18.3 Å². The second kappa shape index (κ2) is 7.97. The monoisotopic (exact) mass is 360 g/mol. The highest BCUT2D eigenvalue weighted by Gasteiger charge is 2.29. The predicted octanol–water partition coefficient (Wildman–Crippen LogP) is 1.27. The number of hydrogen-bond acceptors (Lipinski definition) is 4. The Morgan fingerprint density at radius 2 is 2.15 bits per heavy atom. The number of carbonyl (C=O) groups is 1. The van der Waals surface area contributed by atoms with E-state index in [4.69, 9.17) is 5.11 Å². The van der Waals surface area contributed by atoms with Crippen molar-refractivity contribution in [3.63, 3.8) is 0 Å². The molecule has 0 spiro atoms. The van der Waals surface area contributed by atoms with Gasteiger partial charge in [-0.25, -0.2) is 4.39 Å². The number of aliphatic hydroxyl groups excluding tert-OH is 1. The predicted molar refractivity (Wildman–Crippen MR) is 96.3 cm³/mol. The van der Waals surface area contributed by atoms with Gasteiger partial charge in [0, 0.05) is 37.4 Å². The van der Waals surface area contributed by atoms with Crippen molar-refractivity contribution in [3.8, 4) is 0 Å². The van der Waals surface area contributed by atoms with Crippen molar-refractivity contribution >= 4 is 5.91 Å². The zero-order valence-electron chi connectivity index (χ0n) is 15.2. The van der Waals surface area contributed by atoms with Crippen LogP contribution in [0.15, 0.2) is 24.3 Å². The highest BCUT2D eigenvalue weighted by atomic mass is 19.1. The molecule has 140 valence electrons. The molecule has 7 heteroatoms. The summed E-state index contributed by atoms with van der Waals surface area (Å²) >= 11 is 0. The van der Waals surface area contributed by atoms with Crippen molar-refractivity contribution in [2.45, 2.75) is 31.8 Å². The van der Waals surface area contributed by atoms with Crippen molar-refractivity contribution < 1.29 is 14.3 Å². The van der Waals surface area contributed by atoms with Crippen LogP contribution in [-0.4, -0.2) is 51.9 Å². The maximum Gasteiger partial charge on any atom is 0.272 e. The summed E-state index contributed by atoms with van der Waals surface area (Å²) in [5, 5.41) is 16.5. The summed E-state index contributed by atoms with van der Waals surface area (Å²) in [6.45, 7) is 1.07. The average Bonchev–Trinajstić information content (AvgIpc) is 2.97. The zero-order chi connectivity index (χ0) is 18.7. The normalized spacial score (nSPS) is 16.6. The molecule has 1 atom stereocenters. The number of nitrogens with zero attached hydrogens (tertiary/aromatic N) is 3. The van der Waals surface area contributed by atoms with Crippen molar-refractivity contribution in [2.24, 2.45) is 7.05 Å². The van der Waals surface area contributed by atoms with Gasteiger partial charge in [-0.15, -0.1) is 0 Å². The summed E-state index contributed by atoms with van der Waals surface area (Å²) in [4.78, 5) is 14.8. The van der Waals surface area contributed by atoms with Gasteiger partial charge in [0.05, 0.1) is 6.61 Å². The molecule has 0 aliphatic heterocycles. The van der Waals surface area contributed by atoms with E-state index in [1.165, 1.54) is 12.1 Å². The van der Waals surface area contributed by atoms with E-state index >= 15 is 0 Å². The molecular formula is C19H25FN4O2. The number of fused-ring (bicyclic) bond motifs is 1. The molecule has 1 aromatic carbocycles. The van der Waals surface area contributed by atoms with Gasteiger partial charge in [0.2, 0.25) is 0 Å². The molecule has 1 heterocycles. The van der Waals surface area contributed by atoms with Gasteiger partial charge in [-0.05, 0) is 44.0 Å². The summed E-state index contributed by atoms with van der Waals surface area (Å²) in [5.41, 5.74) is 3.40. The van der Waals surface area contributed by atoms with Gasteiger partial charge in [0.1, 0.15) is 5.82 Å². The number of aryl methyl sites for hydroxylation is 1. The fourth-order valence-corrected chi connectivity index (χ4v) is 3.54. The van der Waals surface area contributed by atoms with E-state index in [1.54, 1.807) is 16.8 Å². The van der Waals surface area contributed by atoms with Crippen molar-refractivity contribution in [1.29, 1.82) is 0 Å². The number of nitrogens with one attached hydrogen (secondary N) is 1. The van der Waals surface area contributed by atoms with Gasteiger partial charge in [-0.2, -0.15) is 5.10 Å².